The van der Waals surface area contributed by atoms with Gasteiger partial charge in [0.15, 0.2) is 0 Å². The van der Waals surface area contributed by atoms with E-state index in [1.54, 1.807) is 6.92 Å². The number of halogens is 1. The highest BCUT2D eigenvalue weighted by atomic mass is 35.5. The monoisotopic (exact) mass is 219 g/mol. The van der Waals surface area contributed by atoms with Gasteiger partial charge in [0.2, 0.25) is 5.91 Å². The molecule has 0 saturated carbocycles. The standard InChI is InChI=1S/C9H17N3O.ClH/c1-7(10)9(13)12-6-8-2-4-11-5-3-8;/h2,7,11H,3-6,10H2,1H3,(H,12,13);1H/t7-;/m1./s1. The van der Waals surface area contributed by atoms with Crippen LogP contribution in [-0.2, 0) is 4.79 Å². The first-order chi connectivity index (χ1) is 6.20. The summed E-state index contributed by atoms with van der Waals surface area (Å²) in [4.78, 5) is 11.1. The van der Waals surface area contributed by atoms with Crippen LogP contribution in [0.1, 0.15) is 13.3 Å². The molecule has 1 amide bonds. The fourth-order valence-electron chi connectivity index (χ4n) is 1.19. The Kier molecular flexibility index (Phi) is 6.53. The third kappa shape index (κ3) is 4.60. The van der Waals surface area contributed by atoms with Crippen molar-refractivity contribution in [3.63, 3.8) is 0 Å². The lowest BCUT2D eigenvalue weighted by Gasteiger charge is -2.15. The quantitative estimate of drug-likeness (QED) is 0.576. The molecule has 82 valence electrons. The minimum absolute atomic E-state index is 0. The van der Waals surface area contributed by atoms with Crippen molar-refractivity contribution in [3.8, 4) is 0 Å². The van der Waals surface area contributed by atoms with Gasteiger partial charge in [-0.15, -0.1) is 12.4 Å². The van der Waals surface area contributed by atoms with E-state index in [1.807, 2.05) is 0 Å². The molecule has 0 fully saturated rings. The van der Waals surface area contributed by atoms with Gasteiger partial charge in [0.1, 0.15) is 0 Å². The van der Waals surface area contributed by atoms with Gasteiger partial charge in [0.25, 0.3) is 0 Å². The average molecular weight is 220 g/mol. The summed E-state index contributed by atoms with van der Waals surface area (Å²) >= 11 is 0. The lowest BCUT2D eigenvalue weighted by Crippen LogP contribution is -2.39. The summed E-state index contributed by atoms with van der Waals surface area (Å²) in [5.74, 6) is -0.0839. The molecule has 4 N–H and O–H groups in total. The van der Waals surface area contributed by atoms with Gasteiger partial charge in [-0.2, -0.15) is 0 Å². The lowest BCUT2D eigenvalue weighted by molar-refractivity contribution is -0.121. The Morgan fingerprint density at radius 1 is 1.79 bits per heavy atom. The number of nitrogens with two attached hydrogens (primary N) is 1. The molecule has 0 aromatic carbocycles. The summed E-state index contributed by atoms with van der Waals surface area (Å²) in [6.07, 6.45) is 3.13. The second kappa shape index (κ2) is 6.81. The van der Waals surface area contributed by atoms with Gasteiger partial charge in [0, 0.05) is 13.1 Å². The number of carbonyl (C=O) groups is 1. The maximum atomic E-state index is 11.1. The Morgan fingerprint density at radius 2 is 2.50 bits per heavy atom. The highest BCUT2D eigenvalue weighted by Gasteiger charge is 2.08. The molecule has 0 unspecified atom stereocenters. The van der Waals surface area contributed by atoms with E-state index in [1.165, 1.54) is 5.57 Å². The molecule has 0 aliphatic carbocycles. The molecular weight excluding hydrogens is 202 g/mol. The minimum Gasteiger partial charge on any atom is -0.351 e. The Morgan fingerprint density at radius 3 is 3.00 bits per heavy atom. The predicted molar refractivity (Wildman–Crippen MR) is 59.5 cm³/mol. The fraction of sp³-hybridized carbons (Fsp3) is 0.667. The fourth-order valence-corrected chi connectivity index (χ4v) is 1.19. The molecule has 0 aromatic heterocycles. The van der Waals surface area contributed by atoms with E-state index in [-0.39, 0.29) is 18.3 Å². The van der Waals surface area contributed by atoms with Crippen LogP contribution in [-0.4, -0.2) is 31.6 Å². The average Bonchev–Trinajstić information content (AvgIpc) is 2.15. The maximum absolute atomic E-state index is 11.1. The number of hydrogen-bond acceptors (Lipinski definition) is 3. The highest BCUT2D eigenvalue weighted by Crippen LogP contribution is 2.01. The molecule has 14 heavy (non-hydrogen) atoms. The molecule has 1 atom stereocenters. The van der Waals surface area contributed by atoms with Crippen LogP contribution in [0.3, 0.4) is 0 Å². The van der Waals surface area contributed by atoms with Crippen LogP contribution in [0.4, 0.5) is 0 Å². The van der Waals surface area contributed by atoms with Crippen molar-refractivity contribution in [3.05, 3.63) is 11.6 Å². The summed E-state index contributed by atoms with van der Waals surface area (Å²) in [7, 11) is 0. The predicted octanol–water partition coefficient (Wildman–Crippen LogP) is -0.209. The number of nitrogens with one attached hydrogen (secondary N) is 2. The Labute approximate surface area is 90.7 Å². The third-order valence-corrected chi connectivity index (χ3v) is 2.06. The van der Waals surface area contributed by atoms with Crippen molar-refractivity contribution in [2.45, 2.75) is 19.4 Å². The van der Waals surface area contributed by atoms with Gasteiger partial charge in [-0.3, -0.25) is 4.79 Å². The van der Waals surface area contributed by atoms with Crippen LogP contribution < -0.4 is 16.4 Å². The number of rotatable bonds is 3. The topological polar surface area (TPSA) is 67.2 Å². The highest BCUT2D eigenvalue weighted by molar-refractivity contribution is 5.85. The first-order valence-corrected chi connectivity index (χ1v) is 4.62. The van der Waals surface area contributed by atoms with E-state index in [9.17, 15) is 4.79 Å². The largest absolute Gasteiger partial charge is 0.351 e. The van der Waals surface area contributed by atoms with Crippen molar-refractivity contribution < 1.29 is 4.79 Å². The molecule has 1 heterocycles. The normalized spacial score (nSPS) is 17.7. The number of amides is 1. The minimum atomic E-state index is -0.415. The summed E-state index contributed by atoms with van der Waals surface area (Å²) in [5, 5.41) is 6.00. The van der Waals surface area contributed by atoms with Crippen molar-refractivity contribution in [2.24, 2.45) is 5.73 Å². The van der Waals surface area contributed by atoms with Crippen molar-refractivity contribution in [1.82, 2.24) is 10.6 Å². The Balaban J connectivity index is 0.00000169. The molecule has 0 bridgehead atoms. The second-order valence-electron chi connectivity index (χ2n) is 3.32. The molecule has 0 radical (unpaired) electrons. The summed E-state index contributed by atoms with van der Waals surface area (Å²) in [6.45, 7) is 4.23. The first-order valence-electron chi connectivity index (χ1n) is 4.62. The number of carbonyl (C=O) groups excluding carboxylic acids is 1. The van der Waals surface area contributed by atoms with Gasteiger partial charge in [-0.1, -0.05) is 11.6 Å². The van der Waals surface area contributed by atoms with Crippen LogP contribution in [0.15, 0.2) is 11.6 Å². The summed E-state index contributed by atoms with van der Waals surface area (Å²) < 4.78 is 0. The van der Waals surface area contributed by atoms with Crippen LogP contribution in [0.5, 0.6) is 0 Å². The lowest BCUT2D eigenvalue weighted by atomic mass is 10.1. The van der Waals surface area contributed by atoms with E-state index < -0.39 is 6.04 Å². The van der Waals surface area contributed by atoms with Crippen molar-refractivity contribution >= 4 is 18.3 Å². The van der Waals surface area contributed by atoms with Crippen LogP contribution in [0.25, 0.3) is 0 Å². The molecule has 1 aliphatic rings. The summed E-state index contributed by atoms with van der Waals surface area (Å²) in [6, 6.07) is -0.415. The Hall–Kier alpha value is -0.580. The van der Waals surface area contributed by atoms with Gasteiger partial charge < -0.3 is 16.4 Å². The first kappa shape index (κ1) is 13.4. The SMILES string of the molecule is C[C@@H](N)C(=O)NCC1=CCNCC1.Cl. The molecule has 5 heteroatoms. The van der Waals surface area contributed by atoms with E-state index >= 15 is 0 Å². The van der Waals surface area contributed by atoms with E-state index in [4.69, 9.17) is 5.73 Å². The van der Waals surface area contributed by atoms with E-state index in [2.05, 4.69) is 16.7 Å². The molecule has 0 aromatic rings. The van der Waals surface area contributed by atoms with E-state index in [0.717, 1.165) is 19.5 Å². The molecule has 0 saturated heterocycles. The zero-order valence-corrected chi connectivity index (χ0v) is 9.19. The number of hydrogen-bond donors (Lipinski definition) is 3. The molecule has 1 rings (SSSR count). The van der Waals surface area contributed by atoms with E-state index in [0.29, 0.717) is 6.54 Å². The molecular formula is C9H18ClN3O. The van der Waals surface area contributed by atoms with Crippen molar-refractivity contribution in [2.75, 3.05) is 19.6 Å². The maximum Gasteiger partial charge on any atom is 0.236 e. The third-order valence-electron chi connectivity index (χ3n) is 2.06. The molecule has 4 nitrogen and oxygen atoms in total. The van der Waals surface area contributed by atoms with Gasteiger partial charge in [-0.25, -0.2) is 0 Å². The Bertz CT molecular complexity index is 216. The van der Waals surface area contributed by atoms with Crippen LogP contribution in [0.2, 0.25) is 0 Å². The zero-order valence-electron chi connectivity index (χ0n) is 8.38. The van der Waals surface area contributed by atoms with Gasteiger partial charge in [-0.05, 0) is 19.9 Å². The summed E-state index contributed by atoms with van der Waals surface area (Å²) in [5.41, 5.74) is 6.69. The molecule has 0 spiro atoms. The second-order valence-corrected chi connectivity index (χ2v) is 3.32. The molecule has 1 aliphatic heterocycles. The van der Waals surface area contributed by atoms with Crippen LogP contribution in [0, 0.1) is 0 Å². The van der Waals surface area contributed by atoms with Crippen molar-refractivity contribution in [1.29, 1.82) is 0 Å². The zero-order chi connectivity index (χ0) is 9.68. The van der Waals surface area contributed by atoms with Gasteiger partial charge >= 0.3 is 0 Å². The smallest absolute Gasteiger partial charge is 0.236 e. The van der Waals surface area contributed by atoms with Crippen LogP contribution >= 0.6 is 12.4 Å². The van der Waals surface area contributed by atoms with Gasteiger partial charge in [0.05, 0.1) is 6.04 Å².